The van der Waals surface area contributed by atoms with Crippen molar-refractivity contribution in [1.82, 2.24) is 19.4 Å². The quantitative estimate of drug-likeness (QED) is 0.583. The third-order valence-corrected chi connectivity index (χ3v) is 5.72. The number of nitrogens with zero attached hydrogens (tertiary/aromatic N) is 4. The van der Waals surface area contributed by atoms with Crippen LogP contribution in [0.3, 0.4) is 0 Å². The number of hydrogen-bond acceptors (Lipinski definition) is 5. The van der Waals surface area contributed by atoms with Crippen LogP contribution in [0.25, 0.3) is 0 Å². The maximum absolute atomic E-state index is 13.0. The van der Waals surface area contributed by atoms with Crippen LogP contribution in [0, 0.1) is 0 Å². The minimum Gasteiger partial charge on any atom is -0.497 e. The van der Waals surface area contributed by atoms with Crippen molar-refractivity contribution in [1.29, 1.82) is 0 Å². The number of rotatable bonds is 7. The molecule has 9 heteroatoms. The summed E-state index contributed by atoms with van der Waals surface area (Å²) in [6, 6.07) is 14.0. The Morgan fingerprint density at radius 1 is 0.941 bits per heavy atom. The van der Waals surface area contributed by atoms with Crippen molar-refractivity contribution in [3.63, 3.8) is 0 Å². The molecular weight excluding hydrogens is 434 g/mol. The highest BCUT2D eigenvalue weighted by molar-refractivity contribution is 5.98. The molecule has 176 valence electrons. The number of benzene rings is 2. The van der Waals surface area contributed by atoms with E-state index >= 15 is 0 Å². The van der Waals surface area contributed by atoms with Gasteiger partial charge in [0.25, 0.3) is 11.8 Å². The third-order valence-electron chi connectivity index (χ3n) is 5.72. The summed E-state index contributed by atoms with van der Waals surface area (Å²) in [4.78, 5) is 45.5. The van der Waals surface area contributed by atoms with Crippen LogP contribution in [0.1, 0.15) is 27.1 Å². The van der Waals surface area contributed by atoms with Crippen LogP contribution in [0.5, 0.6) is 5.75 Å². The first-order valence-electron chi connectivity index (χ1n) is 11.1. The molecule has 0 spiro atoms. The molecule has 0 unspecified atom stereocenters. The van der Waals surface area contributed by atoms with Crippen molar-refractivity contribution >= 4 is 23.4 Å². The lowest BCUT2D eigenvalue weighted by Crippen LogP contribution is -2.50. The zero-order valence-corrected chi connectivity index (χ0v) is 19.0. The van der Waals surface area contributed by atoms with Gasteiger partial charge in [0.2, 0.25) is 5.91 Å². The topological polar surface area (TPSA) is 96.8 Å². The standard InChI is InChI=1S/C25H27N5O4/c1-34-22-7-3-5-20(17-22)25(33)30-14-12-29(13-15-30)24(32)19-4-2-6-21(16-19)27-23(31)8-10-28-11-9-26-18-28/h2-7,9,11,16-18H,8,10,12-15H2,1H3,(H,27,31). The molecule has 3 aromatic rings. The number of nitrogens with one attached hydrogen (secondary N) is 1. The van der Waals surface area contributed by atoms with Crippen molar-refractivity contribution in [2.24, 2.45) is 0 Å². The number of hydrogen-bond donors (Lipinski definition) is 1. The number of aromatic nitrogens is 2. The predicted octanol–water partition coefficient (Wildman–Crippen LogP) is 2.52. The fourth-order valence-corrected chi connectivity index (χ4v) is 3.84. The second-order valence-corrected chi connectivity index (χ2v) is 8.00. The largest absolute Gasteiger partial charge is 0.497 e. The first-order chi connectivity index (χ1) is 16.5. The Hall–Kier alpha value is -4.14. The lowest BCUT2D eigenvalue weighted by Gasteiger charge is -2.35. The Kier molecular flexibility index (Phi) is 7.22. The van der Waals surface area contributed by atoms with Gasteiger partial charge in [-0.25, -0.2) is 4.98 Å². The first-order valence-corrected chi connectivity index (χ1v) is 11.1. The van der Waals surface area contributed by atoms with Gasteiger partial charge in [-0.2, -0.15) is 0 Å². The summed E-state index contributed by atoms with van der Waals surface area (Å²) in [6.45, 7) is 2.31. The number of imidazole rings is 1. The molecule has 1 N–H and O–H groups in total. The van der Waals surface area contributed by atoms with Crippen LogP contribution in [0.4, 0.5) is 5.69 Å². The van der Waals surface area contributed by atoms with Crippen LogP contribution in [0.15, 0.2) is 67.3 Å². The second kappa shape index (κ2) is 10.7. The molecule has 2 aromatic carbocycles. The molecule has 1 aliphatic rings. The van der Waals surface area contributed by atoms with Crippen molar-refractivity contribution in [2.75, 3.05) is 38.6 Å². The molecule has 1 fully saturated rings. The highest BCUT2D eigenvalue weighted by Gasteiger charge is 2.26. The van der Waals surface area contributed by atoms with Crippen molar-refractivity contribution < 1.29 is 19.1 Å². The monoisotopic (exact) mass is 461 g/mol. The van der Waals surface area contributed by atoms with Crippen LogP contribution >= 0.6 is 0 Å². The zero-order valence-electron chi connectivity index (χ0n) is 19.0. The van der Waals surface area contributed by atoms with Crippen molar-refractivity contribution in [3.05, 3.63) is 78.4 Å². The van der Waals surface area contributed by atoms with E-state index in [4.69, 9.17) is 4.74 Å². The molecule has 0 radical (unpaired) electrons. The molecule has 9 nitrogen and oxygen atoms in total. The molecule has 0 aliphatic carbocycles. The van der Waals surface area contributed by atoms with Gasteiger partial charge in [-0.3, -0.25) is 14.4 Å². The van der Waals surface area contributed by atoms with Gasteiger partial charge in [0.1, 0.15) is 5.75 Å². The smallest absolute Gasteiger partial charge is 0.254 e. The molecule has 1 aliphatic heterocycles. The molecule has 0 bridgehead atoms. The first kappa shape index (κ1) is 23.0. The fourth-order valence-electron chi connectivity index (χ4n) is 3.84. The molecule has 0 saturated carbocycles. The van der Waals surface area contributed by atoms with E-state index in [1.54, 1.807) is 84.2 Å². The summed E-state index contributed by atoms with van der Waals surface area (Å²) in [5.41, 5.74) is 1.64. The highest BCUT2D eigenvalue weighted by Crippen LogP contribution is 2.18. The summed E-state index contributed by atoms with van der Waals surface area (Å²) in [6.07, 6.45) is 5.44. The van der Waals surface area contributed by atoms with Crippen LogP contribution in [-0.4, -0.2) is 70.4 Å². The number of amides is 3. The average molecular weight is 462 g/mol. The molecule has 2 heterocycles. The number of carbonyl (C=O) groups is 3. The minimum atomic E-state index is -0.136. The van der Waals surface area contributed by atoms with E-state index in [1.165, 1.54) is 0 Å². The van der Waals surface area contributed by atoms with Gasteiger partial charge < -0.3 is 24.4 Å². The predicted molar refractivity (Wildman–Crippen MR) is 127 cm³/mol. The van der Waals surface area contributed by atoms with Gasteiger partial charge in [-0.1, -0.05) is 12.1 Å². The molecule has 4 rings (SSSR count). The summed E-state index contributed by atoms with van der Waals surface area (Å²) in [5, 5.41) is 2.85. The van der Waals surface area contributed by atoms with Crippen LogP contribution < -0.4 is 10.1 Å². The van der Waals surface area contributed by atoms with E-state index in [0.717, 1.165) is 0 Å². The zero-order chi connectivity index (χ0) is 23.9. The number of aryl methyl sites for hydroxylation is 1. The maximum Gasteiger partial charge on any atom is 0.254 e. The summed E-state index contributed by atoms with van der Waals surface area (Å²) >= 11 is 0. The fraction of sp³-hybridized carbons (Fsp3) is 0.280. The number of ether oxygens (including phenoxy) is 1. The summed E-state index contributed by atoms with van der Waals surface area (Å²) in [5.74, 6) is 0.297. The SMILES string of the molecule is COc1cccc(C(=O)N2CCN(C(=O)c3cccc(NC(=O)CCn4ccnc4)c3)CC2)c1. The van der Waals surface area contributed by atoms with Gasteiger partial charge in [0.05, 0.1) is 13.4 Å². The normalized spacial score (nSPS) is 13.4. The van der Waals surface area contributed by atoms with Gasteiger partial charge in [0, 0.05) is 68.4 Å². The van der Waals surface area contributed by atoms with Gasteiger partial charge in [-0.05, 0) is 36.4 Å². The van der Waals surface area contributed by atoms with E-state index in [1.807, 2.05) is 4.57 Å². The Morgan fingerprint density at radius 2 is 1.59 bits per heavy atom. The van der Waals surface area contributed by atoms with E-state index in [9.17, 15) is 14.4 Å². The van der Waals surface area contributed by atoms with Gasteiger partial charge in [-0.15, -0.1) is 0 Å². The van der Waals surface area contributed by atoms with Crippen molar-refractivity contribution in [2.45, 2.75) is 13.0 Å². The Morgan fingerprint density at radius 3 is 2.21 bits per heavy atom. The summed E-state index contributed by atoms with van der Waals surface area (Å²) in [7, 11) is 1.57. The van der Waals surface area contributed by atoms with Gasteiger partial charge >= 0.3 is 0 Å². The Balaban J connectivity index is 1.31. The second-order valence-electron chi connectivity index (χ2n) is 8.00. The minimum absolute atomic E-state index is 0.0774. The molecule has 1 aromatic heterocycles. The Labute approximate surface area is 197 Å². The van der Waals surface area contributed by atoms with E-state index < -0.39 is 0 Å². The summed E-state index contributed by atoms with van der Waals surface area (Å²) < 4.78 is 7.03. The maximum atomic E-state index is 13.0. The number of methoxy groups -OCH3 is 1. The molecular formula is C25H27N5O4. The Bertz CT molecular complexity index is 1150. The molecule has 0 atom stereocenters. The molecule has 3 amide bonds. The average Bonchev–Trinajstić information content (AvgIpc) is 3.41. The third kappa shape index (κ3) is 5.61. The number of piperazine rings is 1. The molecule has 34 heavy (non-hydrogen) atoms. The van der Waals surface area contributed by atoms with Crippen molar-refractivity contribution in [3.8, 4) is 5.75 Å². The highest BCUT2D eigenvalue weighted by atomic mass is 16.5. The van der Waals surface area contributed by atoms with E-state index in [0.29, 0.717) is 61.7 Å². The number of anilines is 1. The van der Waals surface area contributed by atoms with E-state index in [2.05, 4.69) is 10.3 Å². The van der Waals surface area contributed by atoms with Crippen LogP contribution in [0.2, 0.25) is 0 Å². The lowest BCUT2D eigenvalue weighted by molar-refractivity contribution is -0.116. The lowest BCUT2D eigenvalue weighted by atomic mass is 10.1. The molecule has 1 saturated heterocycles. The number of carbonyl (C=O) groups excluding carboxylic acids is 3. The van der Waals surface area contributed by atoms with Crippen LogP contribution in [-0.2, 0) is 11.3 Å². The van der Waals surface area contributed by atoms with Gasteiger partial charge in [0.15, 0.2) is 0 Å². The van der Waals surface area contributed by atoms with E-state index in [-0.39, 0.29) is 17.7 Å².